The molecule has 9 heteroatoms. The standard InChI is InChI=1S/C17H12ClN3O5/c18-14-4-2-1-3-10(14)8-19-15(22)9-20-16(23)12-6-5-11(21(25)26)7-13(12)17(20)24/h1-7H,8-9H2,(H,19,22). The molecule has 1 aliphatic rings. The summed E-state index contributed by atoms with van der Waals surface area (Å²) in [5.41, 5.74) is 0.359. The SMILES string of the molecule is O=C(CN1C(=O)c2ccc([N+](=O)[O-])cc2C1=O)NCc1ccccc1Cl. The first kappa shape index (κ1) is 17.6. The number of non-ortho nitro benzene ring substituents is 1. The second-order valence-corrected chi connectivity index (χ2v) is 5.96. The second kappa shape index (κ2) is 6.93. The number of imide groups is 1. The highest BCUT2D eigenvalue weighted by molar-refractivity contribution is 6.31. The summed E-state index contributed by atoms with van der Waals surface area (Å²) in [4.78, 5) is 47.6. The van der Waals surface area contributed by atoms with Gasteiger partial charge in [0.15, 0.2) is 0 Å². The molecule has 1 aliphatic heterocycles. The summed E-state index contributed by atoms with van der Waals surface area (Å²) >= 11 is 6.00. The van der Waals surface area contributed by atoms with Crippen LogP contribution >= 0.6 is 11.6 Å². The number of rotatable bonds is 5. The van der Waals surface area contributed by atoms with E-state index in [2.05, 4.69) is 5.32 Å². The van der Waals surface area contributed by atoms with Crippen LogP contribution in [0.4, 0.5) is 5.69 Å². The number of hydrogen-bond acceptors (Lipinski definition) is 5. The Bertz CT molecular complexity index is 944. The number of nitro groups is 1. The smallest absolute Gasteiger partial charge is 0.270 e. The number of amides is 3. The Morgan fingerprint density at radius 1 is 1.12 bits per heavy atom. The van der Waals surface area contributed by atoms with Gasteiger partial charge in [-0.05, 0) is 17.7 Å². The van der Waals surface area contributed by atoms with Gasteiger partial charge >= 0.3 is 0 Å². The molecule has 3 amide bonds. The van der Waals surface area contributed by atoms with Crippen LogP contribution in [-0.4, -0.2) is 34.1 Å². The molecule has 0 spiro atoms. The number of nitrogens with one attached hydrogen (secondary N) is 1. The maximum Gasteiger partial charge on any atom is 0.270 e. The van der Waals surface area contributed by atoms with Crippen LogP contribution in [-0.2, 0) is 11.3 Å². The van der Waals surface area contributed by atoms with Crippen molar-refractivity contribution in [1.82, 2.24) is 10.2 Å². The molecular weight excluding hydrogens is 362 g/mol. The predicted octanol–water partition coefficient (Wildman–Crippen LogP) is 2.16. The minimum absolute atomic E-state index is 0.0412. The third kappa shape index (κ3) is 3.27. The Hall–Kier alpha value is -3.26. The van der Waals surface area contributed by atoms with E-state index in [-0.39, 0.29) is 23.4 Å². The van der Waals surface area contributed by atoms with Crippen LogP contribution in [0.5, 0.6) is 0 Å². The normalized spacial score (nSPS) is 12.9. The molecule has 1 N–H and O–H groups in total. The number of nitro benzene ring substituents is 1. The average molecular weight is 374 g/mol. The monoisotopic (exact) mass is 373 g/mol. The van der Waals surface area contributed by atoms with Crippen LogP contribution in [0, 0.1) is 10.1 Å². The van der Waals surface area contributed by atoms with Crippen molar-refractivity contribution in [3.63, 3.8) is 0 Å². The first-order chi connectivity index (χ1) is 12.4. The first-order valence-electron chi connectivity index (χ1n) is 7.53. The van der Waals surface area contributed by atoms with Gasteiger partial charge < -0.3 is 5.32 Å². The summed E-state index contributed by atoms with van der Waals surface area (Å²) in [6.07, 6.45) is 0. The second-order valence-electron chi connectivity index (χ2n) is 5.55. The van der Waals surface area contributed by atoms with Crippen molar-refractivity contribution in [2.45, 2.75) is 6.54 Å². The molecule has 3 rings (SSSR count). The Morgan fingerprint density at radius 2 is 1.81 bits per heavy atom. The zero-order chi connectivity index (χ0) is 18.8. The lowest BCUT2D eigenvalue weighted by atomic mass is 10.1. The van der Waals surface area contributed by atoms with Gasteiger partial charge in [0.1, 0.15) is 6.54 Å². The zero-order valence-electron chi connectivity index (χ0n) is 13.3. The highest BCUT2D eigenvalue weighted by Gasteiger charge is 2.37. The summed E-state index contributed by atoms with van der Waals surface area (Å²) in [5, 5.41) is 13.9. The van der Waals surface area contributed by atoms with E-state index in [0.717, 1.165) is 17.0 Å². The molecule has 1 heterocycles. The zero-order valence-corrected chi connectivity index (χ0v) is 14.0. The van der Waals surface area contributed by atoms with E-state index < -0.39 is 29.2 Å². The molecule has 2 aromatic carbocycles. The predicted molar refractivity (Wildman–Crippen MR) is 91.8 cm³/mol. The Kier molecular flexibility index (Phi) is 4.68. The van der Waals surface area contributed by atoms with Crippen molar-refractivity contribution in [2.75, 3.05) is 6.54 Å². The Balaban J connectivity index is 1.69. The van der Waals surface area contributed by atoms with E-state index in [4.69, 9.17) is 11.6 Å². The number of fused-ring (bicyclic) bond motifs is 1. The highest BCUT2D eigenvalue weighted by Crippen LogP contribution is 2.26. The molecule has 0 bridgehead atoms. The third-order valence-corrected chi connectivity index (χ3v) is 4.27. The molecule has 132 valence electrons. The topological polar surface area (TPSA) is 110 Å². The maximum absolute atomic E-state index is 12.3. The number of hydrogen-bond donors (Lipinski definition) is 1. The van der Waals surface area contributed by atoms with Gasteiger partial charge in [-0.2, -0.15) is 0 Å². The Morgan fingerprint density at radius 3 is 2.50 bits per heavy atom. The van der Waals surface area contributed by atoms with E-state index in [1.54, 1.807) is 24.3 Å². The minimum Gasteiger partial charge on any atom is -0.350 e. The molecule has 0 aromatic heterocycles. The van der Waals surface area contributed by atoms with Gasteiger partial charge in [-0.15, -0.1) is 0 Å². The number of carbonyl (C=O) groups excluding carboxylic acids is 3. The van der Waals surface area contributed by atoms with Crippen molar-refractivity contribution in [3.05, 3.63) is 74.3 Å². The van der Waals surface area contributed by atoms with E-state index in [9.17, 15) is 24.5 Å². The quantitative estimate of drug-likeness (QED) is 0.490. The van der Waals surface area contributed by atoms with Gasteiger partial charge in [0.2, 0.25) is 5.91 Å². The lowest BCUT2D eigenvalue weighted by molar-refractivity contribution is -0.384. The van der Waals surface area contributed by atoms with Crippen LogP contribution in [0.2, 0.25) is 5.02 Å². The molecule has 0 fully saturated rings. The van der Waals surface area contributed by atoms with E-state index in [0.29, 0.717) is 10.6 Å². The van der Waals surface area contributed by atoms with E-state index in [1.165, 1.54) is 6.07 Å². The number of benzene rings is 2. The fourth-order valence-corrected chi connectivity index (χ4v) is 2.77. The number of halogens is 1. The summed E-state index contributed by atoms with van der Waals surface area (Å²) < 4.78 is 0. The lowest BCUT2D eigenvalue weighted by Gasteiger charge is -2.14. The molecule has 0 unspecified atom stereocenters. The van der Waals surface area contributed by atoms with Crippen LogP contribution in [0.3, 0.4) is 0 Å². The largest absolute Gasteiger partial charge is 0.350 e. The molecule has 8 nitrogen and oxygen atoms in total. The van der Waals surface area contributed by atoms with Gasteiger partial charge in [0.25, 0.3) is 17.5 Å². The van der Waals surface area contributed by atoms with Crippen LogP contribution in [0.1, 0.15) is 26.3 Å². The molecule has 0 saturated heterocycles. The summed E-state index contributed by atoms with van der Waals surface area (Å²) in [7, 11) is 0. The molecule has 0 atom stereocenters. The summed E-state index contributed by atoms with van der Waals surface area (Å²) in [6, 6.07) is 10.3. The van der Waals surface area contributed by atoms with Gasteiger partial charge in [0.05, 0.1) is 16.1 Å². The van der Waals surface area contributed by atoms with Crippen LogP contribution < -0.4 is 5.32 Å². The average Bonchev–Trinajstić information content (AvgIpc) is 2.85. The van der Waals surface area contributed by atoms with Crippen LogP contribution in [0.25, 0.3) is 0 Å². The number of nitrogens with zero attached hydrogens (tertiary/aromatic N) is 2. The molecule has 0 radical (unpaired) electrons. The van der Waals surface area contributed by atoms with Crippen molar-refractivity contribution in [1.29, 1.82) is 0 Å². The first-order valence-corrected chi connectivity index (χ1v) is 7.91. The van der Waals surface area contributed by atoms with Crippen molar-refractivity contribution in [3.8, 4) is 0 Å². The molecule has 26 heavy (non-hydrogen) atoms. The van der Waals surface area contributed by atoms with Gasteiger partial charge in [-0.3, -0.25) is 29.4 Å². The van der Waals surface area contributed by atoms with Crippen LogP contribution in [0.15, 0.2) is 42.5 Å². The molecular formula is C17H12ClN3O5. The lowest BCUT2D eigenvalue weighted by Crippen LogP contribution is -2.40. The Labute approximate surface area is 152 Å². The molecule has 0 aliphatic carbocycles. The van der Waals surface area contributed by atoms with Crippen molar-refractivity contribution in [2.24, 2.45) is 0 Å². The molecule has 2 aromatic rings. The van der Waals surface area contributed by atoms with Crippen molar-refractivity contribution < 1.29 is 19.3 Å². The fourth-order valence-electron chi connectivity index (χ4n) is 2.57. The number of carbonyl (C=O) groups is 3. The summed E-state index contributed by atoms with van der Waals surface area (Å²) in [6.45, 7) is -0.336. The third-order valence-electron chi connectivity index (χ3n) is 3.90. The van der Waals surface area contributed by atoms with Gasteiger partial charge in [0, 0.05) is 23.7 Å². The highest BCUT2D eigenvalue weighted by atomic mass is 35.5. The minimum atomic E-state index is -0.735. The molecule has 0 saturated carbocycles. The van der Waals surface area contributed by atoms with Gasteiger partial charge in [-0.25, -0.2) is 0 Å². The summed E-state index contributed by atoms with van der Waals surface area (Å²) in [5.74, 6) is -1.94. The maximum atomic E-state index is 12.3. The van der Waals surface area contributed by atoms with E-state index in [1.807, 2.05) is 0 Å². The van der Waals surface area contributed by atoms with E-state index >= 15 is 0 Å². The van der Waals surface area contributed by atoms with Gasteiger partial charge in [-0.1, -0.05) is 29.8 Å². The fraction of sp³-hybridized carbons (Fsp3) is 0.118. The van der Waals surface area contributed by atoms with Crippen molar-refractivity contribution >= 4 is 35.0 Å².